The summed E-state index contributed by atoms with van der Waals surface area (Å²) in [5.41, 5.74) is 4.25. The van der Waals surface area contributed by atoms with Gasteiger partial charge in [0.1, 0.15) is 17.2 Å². The molecule has 1 aromatic heterocycles. The second-order valence-electron chi connectivity index (χ2n) is 6.35. The highest BCUT2D eigenvalue weighted by atomic mass is 19.4. The molecule has 0 bridgehead atoms. The summed E-state index contributed by atoms with van der Waals surface area (Å²) in [5.74, 6) is 0.306. The number of benzene rings is 2. The van der Waals surface area contributed by atoms with Gasteiger partial charge in [-0.3, -0.25) is 9.78 Å². The van der Waals surface area contributed by atoms with Crippen molar-refractivity contribution < 1.29 is 32.2 Å². The first kappa shape index (κ1) is 22.6. The van der Waals surface area contributed by atoms with Crippen molar-refractivity contribution in [2.24, 2.45) is 5.10 Å². The summed E-state index contributed by atoms with van der Waals surface area (Å²) in [6.45, 7) is 0. The van der Waals surface area contributed by atoms with Gasteiger partial charge in [-0.05, 0) is 48.5 Å². The van der Waals surface area contributed by atoms with E-state index in [4.69, 9.17) is 9.47 Å². The third-order valence-corrected chi connectivity index (χ3v) is 4.16. The van der Waals surface area contributed by atoms with Gasteiger partial charge in [0.15, 0.2) is 0 Å². The summed E-state index contributed by atoms with van der Waals surface area (Å²) in [7, 11) is 3.05. The summed E-state index contributed by atoms with van der Waals surface area (Å²) in [5, 5.41) is 3.94. The maximum absolute atomic E-state index is 12.4. The van der Waals surface area contributed by atoms with Crippen LogP contribution in [0, 0.1) is 0 Å². The number of halogens is 3. The van der Waals surface area contributed by atoms with Crippen LogP contribution in [0.15, 0.2) is 65.9 Å². The Bertz CT molecular complexity index is 1090. The predicted octanol–water partition coefficient (Wildman–Crippen LogP) is 4.43. The molecule has 3 rings (SSSR count). The molecule has 1 heterocycles. The Kier molecular flexibility index (Phi) is 6.93. The average molecular weight is 445 g/mol. The first-order valence-corrected chi connectivity index (χ1v) is 9.16. The van der Waals surface area contributed by atoms with Gasteiger partial charge in [-0.2, -0.15) is 5.10 Å². The number of carbonyl (C=O) groups is 1. The molecule has 0 saturated carbocycles. The molecular weight excluding hydrogens is 427 g/mol. The zero-order chi connectivity index (χ0) is 23.1. The van der Waals surface area contributed by atoms with E-state index in [2.05, 4.69) is 20.2 Å². The molecule has 166 valence electrons. The molecule has 0 aliphatic carbocycles. The highest BCUT2D eigenvalue weighted by Crippen LogP contribution is 2.26. The Labute approximate surface area is 181 Å². The molecule has 3 aromatic rings. The Morgan fingerprint density at radius 1 is 0.969 bits per heavy atom. The van der Waals surface area contributed by atoms with Crippen molar-refractivity contribution in [2.75, 3.05) is 14.2 Å². The monoisotopic (exact) mass is 445 g/mol. The Morgan fingerprint density at radius 2 is 1.62 bits per heavy atom. The summed E-state index contributed by atoms with van der Waals surface area (Å²) in [6, 6.07) is 13.3. The van der Waals surface area contributed by atoms with E-state index in [1.54, 1.807) is 18.2 Å². The number of hydrogen-bond acceptors (Lipinski definition) is 6. The molecule has 0 atom stereocenters. The second-order valence-corrected chi connectivity index (χ2v) is 6.35. The van der Waals surface area contributed by atoms with Crippen LogP contribution in [-0.4, -0.2) is 37.7 Å². The van der Waals surface area contributed by atoms with Crippen LogP contribution in [-0.2, 0) is 0 Å². The van der Waals surface area contributed by atoms with E-state index in [9.17, 15) is 18.0 Å². The number of carbonyl (C=O) groups excluding carboxylic acids is 1. The number of alkyl halides is 3. The van der Waals surface area contributed by atoms with E-state index in [1.165, 1.54) is 63.0 Å². The fraction of sp³-hybridized carbons (Fsp3) is 0.136. The average Bonchev–Trinajstić information content (AvgIpc) is 2.78. The number of hydrogen-bond donors (Lipinski definition) is 1. The molecule has 32 heavy (non-hydrogen) atoms. The number of methoxy groups -OCH3 is 2. The molecule has 0 unspecified atom stereocenters. The Morgan fingerprint density at radius 3 is 2.22 bits per heavy atom. The number of amides is 1. The van der Waals surface area contributed by atoms with Crippen molar-refractivity contribution in [3.05, 3.63) is 71.9 Å². The van der Waals surface area contributed by atoms with Gasteiger partial charge in [0.2, 0.25) is 0 Å². The zero-order valence-electron chi connectivity index (χ0n) is 17.0. The normalized spacial score (nSPS) is 11.3. The molecule has 1 amide bonds. The van der Waals surface area contributed by atoms with Gasteiger partial charge in [-0.25, -0.2) is 5.43 Å². The van der Waals surface area contributed by atoms with Crippen molar-refractivity contribution in [1.82, 2.24) is 10.4 Å². The largest absolute Gasteiger partial charge is 0.573 e. The van der Waals surface area contributed by atoms with Crippen LogP contribution >= 0.6 is 0 Å². The smallest absolute Gasteiger partial charge is 0.497 e. The second kappa shape index (κ2) is 9.82. The Balaban J connectivity index is 1.70. The molecule has 10 heteroatoms. The highest BCUT2D eigenvalue weighted by Gasteiger charge is 2.31. The van der Waals surface area contributed by atoms with Gasteiger partial charge in [0, 0.05) is 29.0 Å². The summed E-state index contributed by atoms with van der Waals surface area (Å²) >= 11 is 0. The first-order valence-electron chi connectivity index (χ1n) is 9.16. The quantitative estimate of drug-likeness (QED) is 0.430. The lowest BCUT2D eigenvalue weighted by molar-refractivity contribution is -0.274. The van der Waals surface area contributed by atoms with Crippen LogP contribution in [0.2, 0.25) is 0 Å². The molecule has 0 aliphatic rings. The minimum absolute atomic E-state index is 0.269. The number of ether oxygens (including phenoxy) is 3. The molecule has 1 N–H and O–H groups in total. The molecule has 7 nitrogen and oxygen atoms in total. The minimum Gasteiger partial charge on any atom is -0.497 e. The first-order chi connectivity index (χ1) is 15.3. The number of hydrazone groups is 1. The van der Waals surface area contributed by atoms with Gasteiger partial charge in [-0.15, -0.1) is 13.2 Å². The number of nitrogens with one attached hydrogen (secondary N) is 1. The fourth-order valence-electron chi connectivity index (χ4n) is 2.69. The van der Waals surface area contributed by atoms with Gasteiger partial charge in [0.25, 0.3) is 5.91 Å². The standard InChI is InChI=1S/C22H18F3N3O4/c1-30-18-9-14(10-19(12-18)31-2)13-27-28-21(29)16-7-8-26-20(11-16)15-3-5-17(6-4-15)32-22(23,24)25/h3-13H,1-2H3,(H,28,29)/b27-13+. The maximum atomic E-state index is 12.4. The van der Waals surface area contributed by atoms with Crippen LogP contribution in [0.4, 0.5) is 13.2 Å². The molecule has 2 aromatic carbocycles. The van der Waals surface area contributed by atoms with E-state index in [-0.39, 0.29) is 11.3 Å². The van der Waals surface area contributed by atoms with Crippen LogP contribution in [0.25, 0.3) is 11.3 Å². The van der Waals surface area contributed by atoms with Crippen LogP contribution in [0.3, 0.4) is 0 Å². The van der Waals surface area contributed by atoms with Gasteiger partial charge in [-0.1, -0.05) is 0 Å². The third-order valence-electron chi connectivity index (χ3n) is 4.16. The Hall–Kier alpha value is -4.08. The van der Waals surface area contributed by atoms with Gasteiger partial charge < -0.3 is 14.2 Å². The minimum atomic E-state index is -4.77. The molecule has 0 radical (unpaired) electrons. The lowest BCUT2D eigenvalue weighted by atomic mass is 10.1. The van der Waals surface area contributed by atoms with Crippen LogP contribution in [0.5, 0.6) is 17.2 Å². The number of rotatable bonds is 7. The van der Waals surface area contributed by atoms with Crippen molar-refractivity contribution >= 4 is 12.1 Å². The third kappa shape index (κ3) is 6.21. The zero-order valence-corrected chi connectivity index (χ0v) is 17.0. The topological polar surface area (TPSA) is 82.0 Å². The van der Waals surface area contributed by atoms with E-state index in [1.807, 2.05) is 0 Å². The summed E-state index contributed by atoms with van der Waals surface area (Å²) in [6.07, 6.45) is -1.92. The molecule has 0 aliphatic heterocycles. The fourth-order valence-corrected chi connectivity index (χ4v) is 2.69. The highest BCUT2D eigenvalue weighted by molar-refractivity contribution is 5.95. The van der Waals surface area contributed by atoms with E-state index < -0.39 is 12.3 Å². The van der Waals surface area contributed by atoms with Crippen molar-refractivity contribution in [1.29, 1.82) is 0 Å². The summed E-state index contributed by atoms with van der Waals surface area (Å²) in [4.78, 5) is 16.6. The van der Waals surface area contributed by atoms with Crippen LogP contribution < -0.4 is 19.6 Å². The maximum Gasteiger partial charge on any atom is 0.573 e. The van der Waals surface area contributed by atoms with Crippen molar-refractivity contribution in [2.45, 2.75) is 6.36 Å². The molecular formula is C22H18F3N3O4. The number of pyridine rings is 1. The molecule has 0 saturated heterocycles. The summed E-state index contributed by atoms with van der Waals surface area (Å²) < 4.78 is 51.1. The van der Waals surface area contributed by atoms with E-state index in [0.29, 0.717) is 28.3 Å². The number of aromatic nitrogens is 1. The van der Waals surface area contributed by atoms with E-state index >= 15 is 0 Å². The SMILES string of the molecule is COc1cc(/C=N/NC(=O)c2ccnc(-c3ccc(OC(F)(F)F)cc3)c2)cc(OC)c1. The lowest BCUT2D eigenvalue weighted by Crippen LogP contribution is -2.17. The molecule has 0 fully saturated rings. The van der Waals surface area contributed by atoms with E-state index in [0.717, 1.165) is 0 Å². The van der Waals surface area contributed by atoms with Crippen molar-refractivity contribution in [3.63, 3.8) is 0 Å². The van der Waals surface area contributed by atoms with Gasteiger partial charge >= 0.3 is 6.36 Å². The van der Waals surface area contributed by atoms with Crippen molar-refractivity contribution in [3.8, 4) is 28.5 Å². The predicted molar refractivity (Wildman–Crippen MR) is 111 cm³/mol. The lowest BCUT2D eigenvalue weighted by Gasteiger charge is -2.09. The van der Waals surface area contributed by atoms with Gasteiger partial charge in [0.05, 0.1) is 26.1 Å². The molecule has 0 spiro atoms. The number of nitrogens with zero attached hydrogens (tertiary/aromatic N) is 2. The van der Waals surface area contributed by atoms with Crippen LogP contribution in [0.1, 0.15) is 15.9 Å².